The summed E-state index contributed by atoms with van der Waals surface area (Å²) in [7, 11) is 0. The van der Waals surface area contributed by atoms with Crippen LogP contribution in [0.3, 0.4) is 0 Å². The Bertz CT molecular complexity index is 584. The van der Waals surface area contributed by atoms with Crippen molar-refractivity contribution < 1.29 is 19.3 Å². The zero-order valence-electron chi connectivity index (χ0n) is 14.8. The van der Waals surface area contributed by atoms with Crippen molar-refractivity contribution in [3.05, 3.63) is 0 Å². The molecule has 8 aliphatic carbocycles. The highest BCUT2D eigenvalue weighted by molar-refractivity contribution is 5.82. The fraction of sp³-hybridized carbons (Fsp3) is 0.952. The first-order valence-corrected chi connectivity index (χ1v) is 10.8. The second-order valence-electron chi connectivity index (χ2n) is 10.7. The third-order valence-corrected chi connectivity index (χ3v) is 9.51. The lowest BCUT2D eigenvalue weighted by atomic mass is 9.49. The van der Waals surface area contributed by atoms with Gasteiger partial charge in [-0.3, -0.25) is 0 Å². The molecule has 8 saturated carbocycles. The molecule has 0 unspecified atom stereocenters. The van der Waals surface area contributed by atoms with Crippen molar-refractivity contribution in [3.8, 4) is 0 Å². The van der Waals surface area contributed by atoms with Crippen molar-refractivity contribution in [2.24, 2.45) is 47.3 Å². The Morgan fingerprint density at radius 2 is 1.04 bits per heavy atom. The maximum Gasteiger partial charge on any atom is 0.345 e. The predicted molar refractivity (Wildman–Crippen MR) is 87.8 cm³/mol. The minimum absolute atomic E-state index is 0.0555. The van der Waals surface area contributed by atoms with Gasteiger partial charge in [-0.05, 0) is 87.9 Å². The third-order valence-electron chi connectivity index (χ3n) is 9.51. The van der Waals surface area contributed by atoms with Crippen LogP contribution in [-0.2, 0) is 19.3 Å². The average molecular weight is 344 g/mol. The number of hydrogen-bond acceptors (Lipinski definition) is 4. The van der Waals surface area contributed by atoms with Crippen LogP contribution in [0.25, 0.3) is 0 Å². The van der Waals surface area contributed by atoms with Crippen LogP contribution >= 0.6 is 0 Å². The molecule has 4 heteroatoms. The van der Waals surface area contributed by atoms with Gasteiger partial charge in [0.25, 0.3) is 0 Å². The second-order valence-corrected chi connectivity index (χ2v) is 10.7. The molecular weight excluding hydrogens is 316 g/mol. The first-order valence-electron chi connectivity index (χ1n) is 10.8. The first-order chi connectivity index (χ1) is 12.2. The first kappa shape index (κ1) is 14.4. The minimum atomic E-state index is -0.771. The molecule has 0 amide bonds. The van der Waals surface area contributed by atoms with E-state index in [4.69, 9.17) is 14.5 Å². The van der Waals surface area contributed by atoms with E-state index in [0.717, 1.165) is 75.0 Å². The van der Waals surface area contributed by atoms with E-state index in [1.54, 1.807) is 0 Å². The van der Waals surface area contributed by atoms with Crippen molar-refractivity contribution >= 4 is 5.97 Å². The predicted octanol–water partition coefficient (Wildman–Crippen LogP) is 3.84. The van der Waals surface area contributed by atoms with Crippen LogP contribution in [0.4, 0.5) is 0 Å². The van der Waals surface area contributed by atoms with E-state index in [-0.39, 0.29) is 5.97 Å². The summed E-state index contributed by atoms with van der Waals surface area (Å²) in [6.45, 7) is 0. The smallest absolute Gasteiger partial charge is 0.345 e. The largest absolute Gasteiger partial charge is 0.427 e. The second kappa shape index (κ2) is 4.44. The van der Waals surface area contributed by atoms with Crippen molar-refractivity contribution in [2.75, 3.05) is 0 Å². The van der Waals surface area contributed by atoms with Gasteiger partial charge in [0.05, 0.1) is 0 Å². The molecule has 2 spiro atoms. The molecule has 4 nitrogen and oxygen atoms in total. The van der Waals surface area contributed by atoms with Crippen LogP contribution in [0.15, 0.2) is 0 Å². The van der Waals surface area contributed by atoms with E-state index < -0.39 is 11.4 Å². The Balaban J connectivity index is 1.23. The average Bonchev–Trinajstić information content (AvgIpc) is 2.57. The molecule has 9 rings (SSSR count). The molecule has 1 aliphatic heterocycles. The van der Waals surface area contributed by atoms with Gasteiger partial charge in [-0.2, -0.15) is 4.89 Å². The fourth-order valence-corrected chi connectivity index (χ4v) is 8.91. The van der Waals surface area contributed by atoms with Crippen molar-refractivity contribution in [1.29, 1.82) is 0 Å². The zero-order valence-corrected chi connectivity index (χ0v) is 14.8. The molecule has 0 atom stereocenters. The lowest BCUT2D eigenvalue weighted by molar-refractivity contribution is -0.533. The summed E-state index contributed by atoms with van der Waals surface area (Å²) < 4.78 is 6.34. The molecule has 0 aromatic heterocycles. The highest BCUT2D eigenvalue weighted by Gasteiger charge is 2.71. The number of rotatable bonds is 0. The van der Waals surface area contributed by atoms with Crippen LogP contribution in [0.2, 0.25) is 0 Å². The third kappa shape index (κ3) is 1.62. The van der Waals surface area contributed by atoms with E-state index in [0.29, 0.717) is 23.7 Å². The quantitative estimate of drug-likeness (QED) is 0.495. The lowest BCUT2D eigenvalue weighted by Crippen LogP contribution is -2.72. The number of hydrogen-bond donors (Lipinski definition) is 0. The summed E-state index contributed by atoms with van der Waals surface area (Å²) in [6, 6.07) is 0. The molecule has 25 heavy (non-hydrogen) atoms. The van der Waals surface area contributed by atoms with Crippen molar-refractivity contribution in [3.63, 3.8) is 0 Å². The summed E-state index contributed by atoms with van der Waals surface area (Å²) in [5, 5.41) is 0. The summed E-state index contributed by atoms with van der Waals surface area (Å²) in [6.07, 6.45) is 11.9. The Kier molecular flexibility index (Phi) is 2.57. The number of esters is 1. The molecule has 0 radical (unpaired) electrons. The molecule has 9 fully saturated rings. The van der Waals surface area contributed by atoms with Gasteiger partial charge >= 0.3 is 5.97 Å². The standard InChI is InChI=1S/C21H28O4/c22-19-20(15-3-11-1-12(5-15)6-16(20)4-11)24-25-21(23-19)17-7-13-2-14(9-17)10-18(21)8-13/h11-18H,1-10H2. The number of carbonyl (C=O) groups is 1. The fourth-order valence-electron chi connectivity index (χ4n) is 8.91. The van der Waals surface area contributed by atoms with Gasteiger partial charge in [-0.25, -0.2) is 9.68 Å². The summed E-state index contributed by atoms with van der Waals surface area (Å²) in [5.41, 5.74) is -0.771. The van der Waals surface area contributed by atoms with Crippen LogP contribution in [0, 0.1) is 47.3 Å². The molecular formula is C21H28O4. The summed E-state index contributed by atoms with van der Waals surface area (Å²) in [5.74, 6) is 3.84. The van der Waals surface area contributed by atoms with E-state index in [1.807, 2.05) is 0 Å². The van der Waals surface area contributed by atoms with Crippen LogP contribution in [0.1, 0.15) is 64.2 Å². The van der Waals surface area contributed by atoms with Crippen molar-refractivity contribution in [2.45, 2.75) is 75.6 Å². The van der Waals surface area contributed by atoms with Gasteiger partial charge < -0.3 is 4.74 Å². The van der Waals surface area contributed by atoms with Crippen LogP contribution < -0.4 is 0 Å². The van der Waals surface area contributed by atoms with E-state index in [1.165, 1.54) is 12.8 Å². The molecule has 0 N–H and O–H groups in total. The van der Waals surface area contributed by atoms with Gasteiger partial charge in [0.2, 0.25) is 11.4 Å². The topological polar surface area (TPSA) is 44.8 Å². The van der Waals surface area contributed by atoms with E-state index >= 15 is 0 Å². The number of carbonyl (C=O) groups excluding carboxylic acids is 1. The van der Waals surface area contributed by atoms with Gasteiger partial charge in [0.1, 0.15) is 0 Å². The van der Waals surface area contributed by atoms with Crippen LogP contribution in [0.5, 0.6) is 0 Å². The summed E-state index contributed by atoms with van der Waals surface area (Å²) >= 11 is 0. The lowest BCUT2D eigenvalue weighted by Gasteiger charge is -2.64. The van der Waals surface area contributed by atoms with Crippen LogP contribution in [-0.4, -0.2) is 17.4 Å². The summed E-state index contributed by atoms with van der Waals surface area (Å²) in [4.78, 5) is 26.0. The maximum absolute atomic E-state index is 13.5. The molecule has 136 valence electrons. The monoisotopic (exact) mass is 344 g/mol. The normalized spacial score (nSPS) is 63.6. The van der Waals surface area contributed by atoms with Gasteiger partial charge in [-0.15, -0.1) is 0 Å². The molecule has 1 heterocycles. The minimum Gasteiger partial charge on any atom is -0.427 e. The Morgan fingerprint density at radius 3 is 1.48 bits per heavy atom. The van der Waals surface area contributed by atoms with Crippen molar-refractivity contribution in [1.82, 2.24) is 0 Å². The molecule has 0 aromatic rings. The SMILES string of the molecule is O=C1OC2(OOC13C1CC4CC(C1)CC3C4)C1CC3CC(C1)CC2C3. The number of ether oxygens (including phenoxy) is 1. The molecule has 0 aromatic carbocycles. The highest BCUT2D eigenvalue weighted by atomic mass is 17.3. The maximum atomic E-state index is 13.5. The van der Waals surface area contributed by atoms with E-state index in [2.05, 4.69) is 0 Å². The highest BCUT2D eigenvalue weighted by Crippen LogP contribution is 2.65. The van der Waals surface area contributed by atoms with E-state index in [9.17, 15) is 4.79 Å². The van der Waals surface area contributed by atoms with Gasteiger partial charge in [-0.1, -0.05) is 0 Å². The Labute approximate surface area is 148 Å². The molecule has 1 saturated heterocycles. The molecule has 9 aliphatic rings. The van der Waals surface area contributed by atoms with Gasteiger partial charge in [0.15, 0.2) is 0 Å². The Hall–Kier alpha value is -0.610. The van der Waals surface area contributed by atoms with Gasteiger partial charge in [0, 0.05) is 23.7 Å². The Morgan fingerprint density at radius 1 is 0.600 bits per heavy atom. The zero-order chi connectivity index (χ0) is 16.4. The molecule has 8 bridgehead atoms.